The fraction of sp³-hybridized carbons (Fsp3) is 0.923. The van der Waals surface area contributed by atoms with Crippen LogP contribution in [0.3, 0.4) is 0 Å². The Balaban J connectivity index is 2.07. The van der Waals surface area contributed by atoms with Crippen molar-refractivity contribution in [3.8, 4) is 0 Å². The second kappa shape index (κ2) is 54.2. The predicted molar refractivity (Wildman–Crippen MR) is 316 cm³/mol. The molecule has 450 valence electrons. The molecule has 1 amide bonds. The number of allylic oxidation sites excluding steroid dienone is 4. The van der Waals surface area contributed by atoms with Crippen LogP contribution in [0.4, 0.5) is 0 Å². The normalized spacial score (nSPS) is 19.7. The zero-order chi connectivity index (χ0) is 55.4. The van der Waals surface area contributed by atoms with Crippen LogP contribution in [-0.4, -0.2) is 110 Å². The number of hydrogen-bond acceptors (Lipinski definition) is 10. The summed E-state index contributed by atoms with van der Waals surface area (Å²) < 4.78 is 11.1. The minimum atomic E-state index is -1.67. The van der Waals surface area contributed by atoms with Crippen LogP contribution >= 0.6 is 0 Å². The molecule has 0 radical (unpaired) electrons. The zero-order valence-electron chi connectivity index (χ0n) is 49.5. The van der Waals surface area contributed by atoms with Gasteiger partial charge in [0.2, 0.25) is 5.91 Å². The number of unbranched alkanes of at least 4 members (excludes halogenated alkanes) is 41. The average Bonchev–Trinajstić information content (AvgIpc) is 3.42. The second-order valence-electron chi connectivity index (χ2n) is 23.2. The minimum absolute atomic E-state index is 0.247. The largest absolute Gasteiger partial charge is 0.394 e. The summed E-state index contributed by atoms with van der Waals surface area (Å²) in [6.45, 7) is 3.40. The highest BCUT2D eigenvalue weighted by Gasteiger charge is 2.44. The van der Waals surface area contributed by atoms with Crippen LogP contribution in [0.5, 0.6) is 0 Å². The summed E-state index contributed by atoms with van der Waals surface area (Å²) in [5, 5.41) is 75.9. The number of carbonyl (C=O) groups is 1. The Bertz CT molecular complexity index is 1280. The first-order valence-electron chi connectivity index (χ1n) is 32.7. The first kappa shape index (κ1) is 72.6. The summed E-state index contributed by atoms with van der Waals surface area (Å²) >= 11 is 0. The molecule has 1 aliphatic rings. The van der Waals surface area contributed by atoms with Gasteiger partial charge in [-0.2, -0.15) is 0 Å². The molecular weight excluding hydrogens is 955 g/mol. The van der Waals surface area contributed by atoms with Gasteiger partial charge >= 0.3 is 0 Å². The number of carbonyl (C=O) groups excluding carboxylic acids is 1. The number of amides is 1. The third-order valence-electron chi connectivity index (χ3n) is 16.0. The van der Waals surface area contributed by atoms with Crippen molar-refractivity contribution in [3.05, 3.63) is 24.3 Å². The van der Waals surface area contributed by atoms with E-state index in [1.54, 1.807) is 0 Å². The van der Waals surface area contributed by atoms with Crippen molar-refractivity contribution in [2.45, 2.75) is 371 Å². The highest BCUT2D eigenvalue weighted by atomic mass is 16.7. The third kappa shape index (κ3) is 41.6. The van der Waals surface area contributed by atoms with Crippen LogP contribution in [0.15, 0.2) is 24.3 Å². The van der Waals surface area contributed by atoms with E-state index < -0.39 is 74.2 Å². The maximum Gasteiger partial charge on any atom is 0.249 e. The van der Waals surface area contributed by atoms with Gasteiger partial charge in [0.1, 0.15) is 36.6 Å². The third-order valence-corrected chi connectivity index (χ3v) is 16.0. The van der Waals surface area contributed by atoms with Crippen molar-refractivity contribution >= 4 is 5.91 Å². The Kier molecular flexibility index (Phi) is 51.8. The van der Waals surface area contributed by atoms with Crippen molar-refractivity contribution in [3.63, 3.8) is 0 Å². The number of ether oxygens (including phenoxy) is 2. The van der Waals surface area contributed by atoms with Gasteiger partial charge in [-0.1, -0.05) is 295 Å². The van der Waals surface area contributed by atoms with Gasteiger partial charge in [-0.15, -0.1) is 0 Å². The van der Waals surface area contributed by atoms with Crippen molar-refractivity contribution in [2.24, 2.45) is 0 Å². The van der Waals surface area contributed by atoms with Crippen LogP contribution in [0, 0.1) is 0 Å². The van der Waals surface area contributed by atoms with Crippen LogP contribution in [0.25, 0.3) is 0 Å². The predicted octanol–water partition coefficient (Wildman–Crippen LogP) is 14.9. The highest BCUT2D eigenvalue weighted by Crippen LogP contribution is 2.24. The van der Waals surface area contributed by atoms with Crippen molar-refractivity contribution < 1.29 is 50.0 Å². The van der Waals surface area contributed by atoms with Crippen molar-refractivity contribution in [1.29, 1.82) is 0 Å². The molecule has 1 aliphatic heterocycles. The Morgan fingerprint density at radius 1 is 0.447 bits per heavy atom. The monoisotopic (exact) mass is 1080 g/mol. The summed E-state index contributed by atoms with van der Waals surface area (Å²) in [5.74, 6) is -0.707. The summed E-state index contributed by atoms with van der Waals surface area (Å²) in [7, 11) is 0. The summed E-state index contributed by atoms with van der Waals surface area (Å²) in [4.78, 5) is 13.2. The van der Waals surface area contributed by atoms with E-state index >= 15 is 0 Å². The van der Waals surface area contributed by atoms with Gasteiger partial charge < -0.3 is 50.5 Å². The standard InChI is InChI=1S/C65H125NO10/c1-3-5-7-9-11-13-15-16-17-18-19-20-21-22-23-24-25-26-27-28-29-30-31-32-33-34-35-36-37-38-39-40-41-43-45-47-49-51-53-58(69)64(74)66-56(55-75-65-63(73)62(72)61(71)59(54-67)76-65)60(70)57(68)52-50-48-46-44-42-14-12-10-8-6-4-2/h10,12,44,46,56-63,65,67-73H,3-9,11,13-43,45,47-55H2,1-2H3,(H,66,74)/b12-10+,46-44+. The number of hydrogen-bond donors (Lipinski definition) is 8. The smallest absolute Gasteiger partial charge is 0.249 e. The highest BCUT2D eigenvalue weighted by molar-refractivity contribution is 5.80. The molecule has 0 spiro atoms. The average molecular weight is 1080 g/mol. The number of nitrogens with one attached hydrogen (secondary N) is 1. The van der Waals surface area contributed by atoms with Gasteiger partial charge in [-0.05, 0) is 44.9 Å². The van der Waals surface area contributed by atoms with Crippen LogP contribution in [-0.2, 0) is 14.3 Å². The Labute approximate surface area is 467 Å². The van der Waals surface area contributed by atoms with E-state index in [1.165, 1.54) is 231 Å². The maximum atomic E-state index is 13.2. The Hall–Kier alpha value is -1.41. The van der Waals surface area contributed by atoms with Crippen LogP contribution in [0.2, 0.25) is 0 Å². The molecule has 1 saturated heterocycles. The molecule has 1 heterocycles. The molecule has 8 N–H and O–H groups in total. The quantitative estimate of drug-likeness (QED) is 0.0215. The molecule has 0 aromatic heterocycles. The summed E-state index contributed by atoms with van der Waals surface area (Å²) in [6, 6.07) is -1.19. The maximum absolute atomic E-state index is 13.2. The molecule has 0 aromatic rings. The van der Waals surface area contributed by atoms with Gasteiger partial charge in [0, 0.05) is 0 Å². The summed E-state index contributed by atoms with van der Waals surface area (Å²) in [5.41, 5.74) is 0. The van der Waals surface area contributed by atoms with E-state index in [4.69, 9.17) is 9.47 Å². The SMILES string of the molecule is CCCC/C=C/CC/C=C/CCCC(O)C(O)C(COC1OC(CO)C(O)C(O)C1O)NC(=O)C(O)CCCCCCCCCCCCCCCCCCCCCCCCCCCCCCCCCCCCCCCC. The van der Waals surface area contributed by atoms with E-state index in [-0.39, 0.29) is 12.8 Å². The molecular formula is C65H125NO10. The number of aliphatic hydroxyl groups is 7. The van der Waals surface area contributed by atoms with E-state index in [9.17, 15) is 40.5 Å². The summed E-state index contributed by atoms with van der Waals surface area (Å²) in [6.07, 6.45) is 56.0. The van der Waals surface area contributed by atoms with Crippen molar-refractivity contribution in [2.75, 3.05) is 13.2 Å². The first-order valence-corrected chi connectivity index (χ1v) is 32.7. The van der Waals surface area contributed by atoms with Crippen LogP contribution < -0.4 is 5.32 Å². The molecule has 76 heavy (non-hydrogen) atoms. The van der Waals surface area contributed by atoms with E-state index in [0.717, 1.165) is 38.5 Å². The lowest BCUT2D eigenvalue weighted by atomic mass is 9.98. The zero-order valence-corrected chi connectivity index (χ0v) is 49.5. The van der Waals surface area contributed by atoms with Gasteiger partial charge in [-0.3, -0.25) is 4.79 Å². The van der Waals surface area contributed by atoms with Crippen LogP contribution in [0.1, 0.15) is 316 Å². The molecule has 9 unspecified atom stereocenters. The molecule has 0 bridgehead atoms. The Morgan fingerprint density at radius 2 is 0.789 bits per heavy atom. The molecule has 1 rings (SSSR count). The van der Waals surface area contributed by atoms with E-state index in [0.29, 0.717) is 19.3 Å². The number of rotatable bonds is 57. The topological polar surface area (TPSA) is 189 Å². The molecule has 1 fully saturated rings. The van der Waals surface area contributed by atoms with Crippen molar-refractivity contribution in [1.82, 2.24) is 5.32 Å². The Morgan fingerprint density at radius 3 is 1.16 bits per heavy atom. The number of aliphatic hydroxyl groups excluding tert-OH is 7. The molecule has 0 aromatic carbocycles. The lowest BCUT2D eigenvalue weighted by Crippen LogP contribution is -2.60. The van der Waals surface area contributed by atoms with Gasteiger partial charge in [-0.25, -0.2) is 0 Å². The fourth-order valence-electron chi connectivity index (χ4n) is 10.7. The lowest BCUT2D eigenvalue weighted by molar-refractivity contribution is -0.303. The fourth-order valence-corrected chi connectivity index (χ4v) is 10.7. The molecule has 0 aliphatic carbocycles. The van der Waals surface area contributed by atoms with E-state index in [1.807, 2.05) is 0 Å². The first-order chi connectivity index (χ1) is 37.2. The molecule has 11 nitrogen and oxygen atoms in total. The second-order valence-corrected chi connectivity index (χ2v) is 23.2. The minimum Gasteiger partial charge on any atom is -0.394 e. The lowest BCUT2D eigenvalue weighted by Gasteiger charge is -2.40. The van der Waals surface area contributed by atoms with Gasteiger partial charge in [0.05, 0.1) is 25.4 Å². The van der Waals surface area contributed by atoms with E-state index in [2.05, 4.69) is 43.5 Å². The molecule has 0 saturated carbocycles. The van der Waals surface area contributed by atoms with Gasteiger partial charge in [0.25, 0.3) is 0 Å². The molecule has 9 atom stereocenters. The van der Waals surface area contributed by atoms with Gasteiger partial charge in [0.15, 0.2) is 6.29 Å². The molecule has 11 heteroatoms.